The fourth-order valence-electron chi connectivity index (χ4n) is 2.23. The quantitative estimate of drug-likeness (QED) is 0.151. The summed E-state index contributed by atoms with van der Waals surface area (Å²) in [4.78, 5) is 11.6. The third kappa shape index (κ3) is 15.9. The van der Waals surface area contributed by atoms with Crippen LogP contribution in [0.3, 0.4) is 0 Å². The normalized spacial score (nSPS) is 14.3. The van der Waals surface area contributed by atoms with Crippen LogP contribution in [0.4, 0.5) is 0 Å². The highest BCUT2D eigenvalue weighted by Crippen LogP contribution is 2.38. The van der Waals surface area contributed by atoms with Crippen molar-refractivity contribution in [3.8, 4) is 11.8 Å². The molecule has 0 N–H and O–H groups in total. The van der Waals surface area contributed by atoms with Crippen LogP contribution in [0.5, 0.6) is 0 Å². The summed E-state index contributed by atoms with van der Waals surface area (Å²) in [6, 6.07) is 10.1. The van der Waals surface area contributed by atoms with Crippen LogP contribution in [0.15, 0.2) is 60.7 Å². The average molecular weight is 432 g/mol. The second-order valence-electron chi connectivity index (χ2n) is 7.77. The molecule has 1 aromatic carbocycles. The number of rotatable bonds is 13. The first-order valence-electron chi connectivity index (χ1n) is 10.2. The Kier molecular flexibility index (Phi) is 13.0. The number of likely N-dealkylation sites (N-methyl/N-ethyl adjacent to an activating group) is 1. The van der Waals surface area contributed by atoms with Crippen molar-refractivity contribution in [3.05, 3.63) is 66.3 Å². The Bertz CT molecular complexity index is 783. The summed E-state index contributed by atoms with van der Waals surface area (Å²) in [5.41, 5.74) is 1.17. The number of phosphoric acid groups is 1. The molecule has 0 saturated heterocycles. The summed E-state index contributed by atoms with van der Waals surface area (Å²) in [6.07, 6.45) is 14.9. The van der Waals surface area contributed by atoms with Crippen molar-refractivity contribution in [2.45, 2.75) is 25.7 Å². The second kappa shape index (κ2) is 15.0. The topological polar surface area (TPSA) is 58.6 Å². The molecule has 1 unspecified atom stereocenters. The van der Waals surface area contributed by atoms with Gasteiger partial charge in [0.05, 0.1) is 27.7 Å². The fourth-order valence-corrected chi connectivity index (χ4v) is 2.96. The molecule has 0 spiro atoms. The molecule has 0 fully saturated rings. The third-order valence-corrected chi connectivity index (χ3v) is 4.91. The minimum absolute atomic E-state index is 0.131. The lowest BCUT2D eigenvalue weighted by atomic mass is 10.2. The van der Waals surface area contributed by atoms with E-state index in [-0.39, 0.29) is 13.2 Å². The lowest BCUT2D eigenvalue weighted by Gasteiger charge is -2.27. The summed E-state index contributed by atoms with van der Waals surface area (Å²) in [5.74, 6) is 6.07. The molecule has 164 valence electrons. The summed E-state index contributed by atoms with van der Waals surface area (Å²) in [5, 5.41) is 0. The largest absolute Gasteiger partial charge is 0.756 e. The molecule has 0 radical (unpaired) electrons. The maximum atomic E-state index is 11.6. The van der Waals surface area contributed by atoms with Gasteiger partial charge in [-0.05, 0) is 24.5 Å². The van der Waals surface area contributed by atoms with E-state index in [4.69, 9.17) is 9.05 Å². The van der Waals surface area contributed by atoms with E-state index in [1.165, 1.54) is 5.56 Å². The molecule has 0 heterocycles. The van der Waals surface area contributed by atoms with Crippen LogP contribution in [-0.4, -0.2) is 45.4 Å². The Hall–Kier alpha value is -1.93. The van der Waals surface area contributed by atoms with Gasteiger partial charge in [0, 0.05) is 6.42 Å². The first kappa shape index (κ1) is 26.1. The lowest BCUT2D eigenvalue weighted by Crippen LogP contribution is -2.37. The first-order valence-corrected chi connectivity index (χ1v) is 11.7. The molecule has 0 aliphatic rings. The number of unbranched alkanes of at least 4 members (excludes halogenated alkanes) is 3. The zero-order chi connectivity index (χ0) is 22.1. The van der Waals surface area contributed by atoms with Gasteiger partial charge < -0.3 is 18.4 Å². The Morgan fingerprint density at radius 1 is 0.967 bits per heavy atom. The maximum absolute atomic E-state index is 11.6. The van der Waals surface area contributed by atoms with Crippen LogP contribution >= 0.6 is 7.82 Å². The summed E-state index contributed by atoms with van der Waals surface area (Å²) in [7, 11) is 1.73. The highest BCUT2D eigenvalue weighted by Gasteiger charge is 2.12. The average Bonchev–Trinajstić information content (AvgIpc) is 2.68. The standard InChI is InChI=1S/C24H34NO4P/c1-25(2,3)21-23-29-30(26,27)28-22-17-12-10-8-6-4-5-7-9-11-14-18-24-19-15-13-16-20-24/h5,7,9,11,13-16,18-20H,8,10,12,17,21-23H2,1-3H3/b7-5+,11-9+,18-14+. The van der Waals surface area contributed by atoms with E-state index >= 15 is 0 Å². The van der Waals surface area contributed by atoms with Gasteiger partial charge in [-0.2, -0.15) is 0 Å². The Balaban J connectivity index is 2.05. The molecule has 30 heavy (non-hydrogen) atoms. The summed E-state index contributed by atoms with van der Waals surface area (Å²) in [6.45, 7) is 0.883. The van der Waals surface area contributed by atoms with Crippen LogP contribution < -0.4 is 4.89 Å². The van der Waals surface area contributed by atoms with E-state index in [9.17, 15) is 9.46 Å². The van der Waals surface area contributed by atoms with E-state index in [1.807, 2.05) is 75.8 Å². The maximum Gasteiger partial charge on any atom is 0.268 e. The highest BCUT2D eigenvalue weighted by atomic mass is 31.2. The molecule has 0 aromatic heterocycles. The van der Waals surface area contributed by atoms with Crippen molar-refractivity contribution >= 4 is 13.9 Å². The van der Waals surface area contributed by atoms with Gasteiger partial charge in [-0.3, -0.25) is 4.57 Å². The van der Waals surface area contributed by atoms with Crippen molar-refractivity contribution in [2.75, 3.05) is 40.9 Å². The Morgan fingerprint density at radius 3 is 2.40 bits per heavy atom. The molecular formula is C24H34NO4P. The monoisotopic (exact) mass is 431 g/mol. The van der Waals surface area contributed by atoms with E-state index < -0.39 is 7.82 Å². The lowest BCUT2D eigenvalue weighted by molar-refractivity contribution is -0.870. The number of hydrogen-bond donors (Lipinski definition) is 0. The van der Waals surface area contributed by atoms with Gasteiger partial charge in [-0.25, -0.2) is 0 Å². The summed E-state index contributed by atoms with van der Waals surface area (Å²) < 4.78 is 22.0. The predicted molar refractivity (Wildman–Crippen MR) is 122 cm³/mol. The number of allylic oxidation sites excluding steroid dienone is 5. The smallest absolute Gasteiger partial charge is 0.268 e. The molecule has 0 aliphatic heterocycles. The van der Waals surface area contributed by atoms with Gasteiger partial charge in [-0.1, -0.05) is 79.0 Å². The zero-order valence-corrected chi connectivity index (χ0v) is 19.2. The number of nitrogens with zero attached hydrogens (tertiary/aromatic N) is 1. The second-order valence-corrected chi connectivity index (χ2v) is 9.18. The fraction of sp³-hybridized carbons (Fsp3) is 0.417. The van der Waals surface area contributed by atoms with Crippen LogP contribution in [-0.2, 0) is 13.6 Å². The van der Waals surface area contributed by atoms with Crippen molar-refractivity contribution in [3.63, 3.8) is 0 Å². The van der Waals surface area contributed by atoms with Crippen molar-refractivity contribution < 1.29 is 23.0 Å². The molecule has 6 heteroatoms. The predicted octanol–water partition coefficient (Wildman–Crippen LogP) is 4.58. The molecule has 1 aromatic rings. The molecule has 0 saturated carbocycles. The van der Waals surface area contributed by atoms with Crippen LogP contribution in [0.1, 0.15) is 31.2 Å². The number of quaternary nitrogens is 1. The number of phosphoric ester groups is 1. The van der Waals surface area contributed by atoms with Gasteiger partial charge in [-0.15, -0.1) is 0 Å². The van der Waals surface area contributed by atoms with Crippen LogP contribution in [0.25, 0.3) is 6.08 Å². The molecule has 1 rings (SSSR count). The number of hydrogen-bond acceptors (Lipinski definition) is 4. The van der Waals surface area contributed by atoms with Gasteiger partial charge >= 0.3 is 0 Å². The molecule has 0 bridgehead atoms. The summed E-state index contributed by atoms with van der Waals surface area (Å²) >= 11 is 0. The van der Waals surface area contributed by atoms with Gasteiger partial charge in [0.15, 0.2) is 0 Å². The van der Waals surface area contributed by atoms with Crippen LogP contribution in [0, 0.1) is 11.8 Å². The zero-order valence-electron chi connectivity index (χ0n) is 18.3. The van der Waals surface area contributed by atoms with Crippen LogP contribution in [0.2, 0.25) is 0 Å². The van der Waals surface area contributed by atoms with Crippen molar-refractivity contribution in [1.82, 2.24) is 0 Å². The molecule has 1 atom stereocenters. The molecule has 0 amide bonds. The van der Waals surface area contributed by atoms with E-state index in [1.54, 1.807) is 0 Å². The highest BCUT2D eigenvalue weighted by molar-refractivity contribution is 7.45. The molecule has 0 aliphatic carbocycles. The Labute approximate surface area is 181 Å². The third-order valence-electron chi connectivity index (χ3n) is 3.91. The SMILES string of the molecule is C[N+](C)(C)CCOP(=O)([O-])OCCCCCC#C/C=C/C=C/C=C/c1ccccc1. The van der Waals surface area contributed by atoms with Gasteiger partial charge in [0.1, 0.15) is 13.2 Å². The van der Waals surface area contributed by atoms with Gasteiger partial charge in [0.25, 0.3) is 7.82 Å². The minimum atomic E-state index is -4.19. The van der Waals surface area contributed by atoms with E-state index in [2.05, 4.69) is 24.0 Å². The number of benzene rings is 1. The van der Waals surface area contributed by atoms with Crippen molar-refractivity contribution in [1.29, 1.82) is 0 Å². The Morgan fingerprint density at radius 2 is 1.67 bits per heavy atom. The first-order chi connectivity index (χ1) is 14.3. The van der Waals surface area contributed by atoms with Gasteiger partial charge in [0.2, 0.25) is 0 Å². The van der Waals surface area contributed by atoms with E-state index in [0.717, 1.165) is 19.3 Å². The van der Waals surface area contributed by atoms with Crippen molar-refractivity contribution in [2.24, 2.45) is 0 Å². The molecule has 5 nitrogen and oxygen atoms in total. The molecular weight excluding hydrogens is 397 g/mol. The van der Waals surface area contributed by atoms with E-state index in [0.29, 0.717) is 17.4 Å². The minimum Gasteiger partial charge on any atom is -0.756 e.